The third kappa shape index (κ3) is 6.69. The van der Waals surface area contributed by atoms with E-state index in [-0.39, 0.29) is 0 Å². The van der Waals surface area contributed by atoms with Gasteiger partial charge in [0.15, 0.2) is 5.96 Å². The first kappa shape index (κ1) is 22.1. The molecule has 0 saturated carbocycles. The van der Waals surface area contributed by atoms with Crippen molar-refractivity contribution in [2.45, 2.75) is 32.2 Å². The summed E-state index contributed by atoms with van der Waals surface area (Å²) in [6.45, 7) is 10.7. The fourth-order valence-electron chi connectivity index (χ4n) is 4.30. The van der Waals surface area contributed by atoms with E-state index in [4.69, 9.17) is 9.47 Å². The van der Waals surface area contributed by atoms with Crippen LogP contribution in [0.15, 0.2) is 35.3 Å². The van der Waals surface area contributed by atoms with Gasteiger partial charge in [0.05, 0.1) is 13.2 Å². The molecule has 6 nitrogen and oxygen atoms in total. The van der Waals surface area contributed by atoms with Crippen molar-refractivity contribution in [3.05, 3.63) is 35.9 Å². The molecule has 0 aliphatic carbocycles. The molecule has 2 aliphatic rings. The van der Waals surface area contributed by atoms with Gasteiger partial charge in [-0.15, -0.1) is 0 Å². The number of piperazine rings is 1. The van der Waals surface area contributed by atoms with E-state index >= 15 is 0 Å². The van der Waals surface area contributed by atoms with Gasteiger partial charge < -0.3 is 19.7 Å². The number of nitrogens with one attached hydrogen (secondary N) is 1. The van der Waals surface area contributed by atoms with Gasteiger partial charge >= 0.3 is 0 Å². The quantitative estimate of drug-likeness (QED) is 0.391. The van der Waals surface area contributed by atoms with Gasteiger partial charge in [0.1, 0.15) is 0 Å². The molecule has 0 radical (unpaired) electrons. The molecule has 2 heterocycles. The molecule has 1 aromatic rings. The molecule has 2 atom stereocenters. The SMILES string of the molecule is CCC(c1ccccc1)N1CCN(C(=NC)NCCCOCC2CCOC2)CC1. The summed E-state index contributed by atoms with van der Waals surface area (Å²) in [5.41, 5.74) is 1.43. The smallest absolute Gasteiger partial charge is 0.193 e. The van der Waals surface area contributed by atoms with Crippen molar-refractivity contribution >= 4 is 5.96 Å². The topological polar surface area (TPSA) is 49.3 Å². The number of guanidine groups is 1. The van der Waals surface area contributed by atoms with Gasteiger partial charge in [-0.3, -0.25) is 9.89 Å². The fraction of sp³-hybridized carbons (Fsp3) is 0.696. The normalized spacial score (nSPS) is 22.1. The Hall–Kier alpha value is -1.63. The predicted molar refractivity (Wildman–Crippen MR) is 118 cm³/mol. The molecule has 2 fully saturated rings. The Kier molecular flexibility index (Phi) is 9.25. The van der Waals surface area contributed by atoms with Crippen LogP contribution in [0.2, 0.25) is 0 Å². The molecule has 0 spiro atoms. The summed E-state index contributed by atoms with van der Waals surface area (Å²) < 4.78 is 11.2. The second kappa shape index (κ2) is 12.2. The van der Waals surface area contributed by atoms with E-state index in [1.165, 1.54) is 5.56 Å². The number of benzene rings is 1. The van der Waals surface area contributed by atoms with Gasteiger partial charge in [0.25, 0.3) is 0 Å². The zero-order valence-corrected chi connectivity index (χ0v) is 18.2. The van der Waals surface area contributed by atoms with Crippen LogP contribution in [-0.4, -0.2) is 82.0 Å². The summed E-state index contributed by atoms with van der Waals surface area (Å²) in [6, 6.07) is 11.4. The number of rotatable bonds is 9. The number of aliphatic imine (C=N–C) groups is 1. The van der Waals surface area contributed by atoms with Gasteiger partial charge in [0, 0.05) is 64.9 Å². The largest absolute Gasteiger partial charge is 0.381 e. The molecular weight excluding hydrogens is 364 g/mol. The fourth-order valence-corrected chi connectivity index (χ4v) is 4.30. The van der Waals surface area contributed by atoms with E-state index in [1.807, 2.05) is 7.05 Å². The van der Waals surface area contributed by atoms with Crippen molar-refractivity contribution in [2.75, 3.05) is 66.2 Å². The minimum atomic E-state index is 0.510. The van der Waals surface area contributed by atoms with Crippen LogP contribution in [0, 0.1) is 5.92 Å². The molecular formula is C23H38N4O2. The summed E-state index contributed by atoms with van der Waals surface area (Å²) in [4.78, 5) is 9.49. The highest BCUT2D eigenvalue weighted by Crippen LogP contribution is 2.25. The first-order valence-corrected chi connectivity index (χ1v) is 11.2. The Morgan fingerprint density at radius 1 is 1.24 bits per heavy atom. The van der Waals surface area contributed by atoms with Crippen LogP contribution in [0.4, 0.5) is 0 Å². The zero-order chi connectivity index (χ0) is 20.3. The Morgan fingerprint density at radius 2 is 2.03 bits per heavy atom. The van der Waals surface area contributed by atoms with Gasteiger partial charge in [-0.2, -0.15) is 0 Å². The first-order valence-electron chi connectivity index (χ1n) is 11.2. The van der Waals surface area contributed by atoms with Crippen LogP contribution in [0.1, 0.15) is 37.8 Å². The average Bonchev–Trinajstić information content (AvgIpc) is 3.29. The summed E-state index contributed by atoms with van der Waals surface area (Å²) >= 11 is 0. The maximum absolute atomic E-state index is 5.79. The molecule has 1 N–H and O–H groups in total. The first-order chi connectivity index (χ1) is 14.3. The van der Waals surface area contributed by atoms with Crippen LogP contribution >= 0.6 is 0 Å². The van der Waals surface area contributed by atoms with Crippen molar-refractivity contribution in [3.63, 3.8) is 0 Å². The summed E-state index contributed by atoms with van der Waals surface area (Å²) in [5, 5.41) is 3.51. The minimum Gasteiger partial charge on any atom is -0.381 e. The number of nitrogens with zero attached hydrogens (tertiary/aromatic N) is 3. The second-order valence-corrected chi connectivity index (χ2v) is 7.99. The highest BCUT2D eigenvalue weighted by atomic mass is 16.5. The van der Waals surface area contributed by atoms with Crippen molar-refractivity contribution < 1.29 is 9.47 Å². The van der Waals surface area contributed by atoms with Crippen LogP contribution in [-0.2, 0) is 9.47 Å². The molecule has 29 heavy (non-hydrogen) atoms. The van der Waals surface area contributed by atoms with Crippen molar-refractivity contribution in [1.29, 1.82) is 0 Å². The molecule has 2 unspecified atom stereocenters. The van der Waals surface area contributed by atoms with Gasteiger partial charge in [-0.25, -0.2) is 0 Å². The minimum absolute atomic E-state index is 0.510. The van der Waals surface area contributed by atoms with Crippen LogP contribution in [0.25, 0.3) is 0 Å². The van der Waals surface area contributed by atoms with E-state index in [9.17, 15) is 0 Å². The highest BCUT2D eigenvalue weighted by molar-refractivity contribution is 5.79. The van der Waals surface area contributed by atoms with E-state index in [2.05, 4.69) is 57.4 Å². The molecule has 3 rings (SSSR count). The molecule has 6 heteroatoms. The Labute approximate surface area is 176 Å². The van der Waals surface area contributed by atoms with E-state index in [0.29, 0.717) is 12.0 Å². The van der Waals surface area contributed by atoms with E-state index in [1.54, 1.807) is 0 Å². The Balaban J connectivity index is 1.35. The number of hydrogen-bond donors (Lipinski definition) is 1. The molecule has 2 aliphatic heterocycles. The Bertz CT molecular complexity index is 596. The highest BCUT2D eigenvalue weighted by Gasteiger charge is 2.25. The second-order valence-electron chi connectivity index (χ2n) is 7.99. The summed E-state index contributed by atoms with van der Waals surface area (Å²) in [6.07, 6.45) is 3.28. The molecule has 0 amide bonds. The van der Waals surface area contributed by atoms with Gasteiger partial charge in [-0.1, -0.05) is 37.3 Å². The van der Waals surface area contributed by atoms with Gasteiger partial charge in [-0.05, 0) is 24.8 Å². The van der Waals surface area contributed by atoms with Crippen molar-refractivity contribution in [2.24, 2.45) is 10.9 Å². The maximum Gasteiger partial charge on any atom is 0.193 e. The lowest BCUT2D eigenvalue weighted by atomic mass is 10.0. The van der Waals surface area contributed by atoms with Crippen molar-refractivity contribution in [3.8, 4) is 0 Å². The zero-order valence-electron chi connectivity index (χ0n) is 18.2. The monoisotopic (exact) mass is 402 g/mol. The van der Waals surface area contributed by atoms with Crippen LogP contribution in [0.5, 0.6) is 0 Å². The molecule has 2 saturated heterocycles. The lowest BCUT2D eigenvalue weighted by Crippen LogP contribution is -2.53. The van der Waals surface area contributed by atoms with Gasteiger partial charge in [0.2, 0.25) is 0 Å². The molecule has 1 aromatic carbocycles. The van der Waals surface area contributed by atoms with E-state index < -0.39 is 0 Å². The average molecular weight is 403 g/mol. The molecule has 162 valence electrons. The predicted octanol–water partition coefficient (Wildman–Crippen LogP) is 2.77. The van der Waals surface area contributed by atoms with Crippen LogP contribution in [0.3, 0.4) is 0 Å². The lowest BCUT2D eigenvalue weighted by Gasteiger charge is -2.40. The summed E-state index contributed by atoms with van der Waals surface area (Å²) in [5.74, 6) is 1.61. The number of ether oxygens (including phenoxy) is 2. The van der Waals surface area contributed by atoms with E-state index in [0.717, 1.165) is 84.4 Å². The third-order valence-electron chi connectivity index (χ3n) is 5.96. The standard InChI is InChI=1S/C23H38N4O2/c1-3-22(21-8-5-4-6-9-21)26-12-14-27(15-13-26)23(24-2)25-11-7-16-28-18-20-10-17-29-19-20/h4-6,8-9,20,22H,3,7,10-19H2,1-2H3,(H,24,25). The molecule has 0 bridgehead atoms. The third-order valence-corrected chi connectivity index (χ3v) is 5.96. The molecule has 0 aromatic heterocycles. The number of hydrogen-bond acceptors (Lipinski definition) is 4. The lowest BCUT2D eigenvalue weighted by molar-refractivity contribution is 0.0885. The summed E-state index contributed by atoms with van der Waals surface area (Å²) in [7, 11) is 1.88. The van der Waals surface area contributed by atoms with Crippen LogP contribution < -0.4 is 5.32 Å². The van der Waals surface area contributed by atoms with Crippen molar-refractivity contribution in [1.82, 2.24) is 15.1 Å². The maximum atomic E-state index is 5.79. The Morgan fingerprint density at radius 3 is 2.69 bits per heavy atom.